The fraction of sp³-hybridized carbons (Fsp3) is 0.417. The molecule has 0 amide bonds. The number of H-pyrrole nitrogens is 1. The largest absolute Gasteiger partial charge is 0.368 e. The van der Waals surface area contributed by atoms with Crippen LogP contribution in [0.4, 0.5) is 5.82 Å². The van der Waals surface area contributed by atoms with Crippen molar-refractivity contribution < 1.29 is 0 Å². The maximum absolute atomic E-state index is 11.5. The number of rotatable bonds is 5. The predicted molar refractivity (Wildman–Crippen MR) is 69.7 cm³/mol. The lowest BCUT2D eigenvalue weighted by Gasteiger charge is -2.08. The van der Waals surface area contributed by atoms with E-state index in [1.807, 2.05) is 30.8 Å². The summed E-state index contributed by atoms with van der Waals surface area (Å²) in [6, 6.07) is 3.34. The summed E-state index contributed by atoms with van der Waals surface area (Å²) >= 11 is 0. The van der Waals surface area contributed by atoms with Crippen LogP contribution in [0.5, 0.6) is 0 Å². The molecule has 0 aliphatic carbocycles. The molecule has 2 N–H and O–H groups in total. The predicted octanol–water partition coefficient (Wildman–Crippen LogP) is 1.20. The molecule has 0 aliphatic rings. The van der Waals surface area contributed by atoms with Gasteiger partial charge in [-0.1, -0.05) is 13.8 Å². The highest BCUT2D eigenvalue weighted by atomic mass is 16.1. The molecule has 0 aromatic carbocycles. The number of nitrogens with one attached hydrogen (secondary N) is 2. The van der Waals surface area contributed by atoms with Crippen LogP contribution < -0.4 is 10.9 Å². The van der Waals surface area contributed by atoms with Crippen LogP contribution in [0.3, 0.4) is 0 Å². The summed E-state index contributed by atoms with van der Waals surface area (Å²) in [5.41, 5.74) is -0.129. The van der Waals surface area contributed by atoms with Gasteiger partial charge in [0, 0.05) is 30.9 Å². The topological polar surface area (TPSA) is 75.6 Å². The molecule has 96 valence electrons. The first-order valence-electron chi connectivity index (χ1n) is 5.97. The quantitative estimate of drug-likeness (QED) is 0.832. The van der Waals surface area contributed by atoms with E-state index in [2.05, 4.69) is 20.4 Å². The molecule has 18 heavy (non-hydrogen) atoms. The monoisotopic (exact) mass is 247 g/mol. The molecular formula is C12H17N5O. The van der Waals surface area contributed by atoms with Gasteiger partial charge < -0.3 is 10.3 Å². The molecule has 0 radical (unpaired) electrons. The van der Waals surface area contributed by atoms with E-state index in [-0.39, 0.29) is 11.5 Å². The molecule has 6 nitrogen and oxygen atoms in total. The van der Waals surface area contributed by atoms with E-state index in [1.54, 1.807) is 6.20 Å². The lowest BCUT2D eigenvalue weighted by molar-refractivity contribution is 0.636. The summed E-state index contributed by atoms with van der Waals surface area (Å²) < 4.78 is 1.82. The fourth-order valence-electron chi connectivity index (χ4n) is 1.57. The normalized spacial score (nSPS) is 10.8. The Hall–Kier alpha value is -2.11. The molecule has 2 rings (SSSR count). The third-order valence-electron chi connectivity index (χ3n) is 2.51. The van der Waals surface area contributed by atoms with E-state index in [0.29, 0.717) is 18.2 Å². The zero-order chi connectivity index (χ0) is 13.0. The molecule has 0 spiro atoms. The van der Waals surface area contributed by atoms with E-state index in [9.17, 15) is 4.79 Å². The van der Waals surface area contributed by atoms with Gasteiger partial charge in [0.15, 0.2) is 0 Å². The second-order valence-electron chi connectivity index (χ2n) is 4.37. The number of nitrogens with zero attached hydrogens (tertiary/aromatic N) is 3. The Bertz CT molecular complexity index is 544. The van der Waals surface area contributed by atoms with Crippen LogP contribution in [0.15, 0.2) is 29.3 Å². The summed E-state index contributed by atoms with van der Waals surface area (Å²) in [7, 11) is 0. The Kier molecular flexibility index (Phi) is 3.76. The van der Waals surface area contributed by atoms with Gasteiger partial charge in [-0.05, 0) is 6.07 Å². The van der Waals surface area contributed by atoms with Gasteiger partial charge in [-0.15, -0.1) is 0 Å². The summed E-state index contributed by atoms with van der Waals surface area (Å²) in [6.45, 7) is 5.39. The standard InChI is InChI=1S/C12H17N5O/c1-9(2)12-15-10(8-11(18)16-12)13-5-7-17-6-3-4-14-17/h3-4,6,8-9H,5,7H2,1-2H3,(H2,13,15,16,18). The summed E-state index contributed by atoms with van der Waals surface area (Å²) in [5, 5.41) is 7.23. The summed E-state index contributed by atoms with van der Waals surface area (Å²) in [5.74, 6) is 1.50. The van der Waals surface area contributed by atoms with Gasteiger partial charge in [0.25, 0.3) is 5.56 Å². The highest BCUT2D eigenvalue weighted by Crippen LogP contribution is 2.08. The van der Waals surface area contributed by atoms with Crippen LogP contribution >= 0.6 is 0 Å². The van der Waals surface area contributed by atoms with Crippen molar-refractivity contribution in [2.45, 2.75) is 26.3 Å². The smallest absolute Gasteiger partial charge is 0.252 e. The number of aromatic nitrogens is 4. The van der Waals surface area contributed by atoms with Crippen LogP contribution in [-0.4, -0.2) is 26.3 Å². The van der Waals surface area contributed by atoms with Gasteiger partial charge in [-0.2, -0.15) is 5.10 Å². The SMILES string of the molecule is CC(C)c1nc(NCCn2cccn2)cc(=O)[nH]1. The second kappa shape index (κ2) is 5.48. The molecule has 2 aromatic heterocycles. The zero-order valence-corrected chi connectivity index (χ0v) is 10.6. The Morgan fingerprint density at radius 2 is 2.33 bits per heavy atom. The average molecular weight is 247 g/mol. The second-order valence-corrected chi connectivity index (χ2v) is 4.37. The molecule has 0 atom stereocenters. The number of hydrogen-bond acceptors (Lipinski definition) is 4. The van der Waals surface area contributed by atoms with Crippen molar-refractivity contribution in [1.29, 1.82) is 0 Å². The van der Waals surface area contributed by atoms with Crippen LogP contribution in [0.25, 0.3) is 0 Å². The highest BCUT2D eigenvalue weighted by molar-refractivity contribution is 5.33. The van der Waals surface area contributed by atoms with Crippen molar-refractivity contribution in [3.63, 3.8) is 0 Å². The molecule has 0 fully saturated rings. The van der Waals surface area contributed by atoms with Crippen LogP contribution in [-0.2, 0) is 6.54 Å². The number of aromatic amines is 1. The van der Waals surface area contributed by atoms with Crippen molar-refractivity contribution in [3.05, 3.63) is 40.7 Å². The van der Waals surface area contributed by atoms with E-state index >= 15 is 0 Å². The van der Waals surface area contributed by atoms with Crippen LogP contribution in [0.1, 0.15) is 25.6 Å². The van der Waals surface area contributed by atoms with Gasteiger partial charge in [-0.25, -0.2) is 4.98 Å². The first-order valence-corrected chi connectivity index (χ1v) is 5.97. The van der Waals surface area contributed by atoms with Crippen molar-refractivity contribution in [3.8, 4) is 0 Å². The van der Waals surface area contributed by atoms with Crippen molar-refractivity contribution >= 4 is 5.82 Å². The van der Waals surface area contributed by atoms with E-state index in [0.717, 1.165) is 6.54 Å². The number of anilines is 1. The van der Waals surface area contributed by atoms with Crippen LogP contribution in [0.2, 0.25) is 0 Å². The summed E-state index contributed by atoms with van der Waals surface area (Å²) in [4.78, 5) is 18.5. The van der Waals surface area contributed by atoms with Gasteiger partial charge in [0.2, 0.25) is 0 Å². The highest BCUT2D eigenvalue weighted by Gasteiger charge is 2.04. The Morgan fingerprint density at radius 3 is 3.00 bits per heavy atom. The molecule has 0 saturated heterocycles. The van der Waals surface area contributed by atoms with E-state index in [4.69, 9.17) is 0 Å². The molecule has 6 heteroatoms. The van der Waals surface area contributed by atoms with E-state index in [1.165, 1.54) is 6.07 Å². The zero-order valence-electron chi connectivity index (χ0n) is 10.6. The van der Waals surface area contributed by atoms with Crippen molar-refractivity contribution in [1.82, 2.24) is 19.7 Å². The minimum Gasteiger partial charge on any atom is -0.368 e. The van der Waals surface area contributed by atoms with Gasteiger partial charge in [0.1, 0.15) is 11.6 Å². The summed E-state index contributed by atoms with van der Waals surface area (Å²) in [6.07, 6.45) is 3.63. The fourth-order valence-corrected chi connectivity index (χ4v) is 1.57. The molecule has 2 heterocycles. The maximum Gasteiger partial charge on any atom is 0.252 e. The third-order valence-corrected chi connectivity index (χ3v) is 2.51. The first kappa shape index (κ1) is 12.3. The molecule has 0 aliphatic heterocycles. The van der Waals surface area contributed by atoms with Gasteiger partial charge in [-0.3, -0.25) is 9.48 Å². The first-order chi connectivity index (χ1) is 8.65. The molecule has 0 bridgehead atoms. The van der Waals surface area contributed by atoms with Crippen molar-refractivity contribution in [2.24, 2.45) is 0 Å². The molecule has 0 saturated carbocycles. The number of hydrogen-bond donors (Lipinski definition) is 2. The minimum atomic E-state index is -0.129. The van der Waals surface area contributed by atoms with Gasteiger partial charge in [0.05, 0.1) is 6.54 Å². The average Bonchev–Trinajstić information content (AvgIpc) is 2.81. The Balaban J connectivity index is 1.98. The maximum atomic E-state index is 11.5. The van der Waals surface area contributed by atoms with Crippen LogP contribution in [0, 0.1) is 0 Å². The lowest BCUT2D eigenvalue weighted by Crippen LogP contribution is -2.17. The lowest BCUT2D eigenvalue weighted by atomic mass is 10.2. The van der Waals surface area contributed by atoms with Crippen molar-refractivity contribution in [2.75, 3.05) is 11.9 Å². The van der Waals surface area contributed by atoms with Gasteiger partial charge >= 0.3 is 0 Å². The Morgan fingerprint density at radius 1 is 1.50 bits per heavy atom. The molecule has 0 unspecified atom stereocenters. The molecule has 2 aromatic rings. The molecular weight excluding hydrogens is 230 g/mol. The Labute approximate surface area is 105 Å². The third kappa shape index (κ3) is 3.19. The van der Waals surface area contributed by atoms with E-state index < -0.39 is 0 Å². The minimum absolute atomic E-state index is 0.129.